The molecular formula is C47H60N4O11. The lowest BCUT2D eigenvalue weighted by molar-refractivity contribution is -0.208. The number of Topliss-reactive ketones (excluding diaryl/α,β-unsaturated/α-hetero) is 1. The number of fused-ring (bicyclic) bond motifs is 3. The normalized spacial score (nSPS) is 28.8. The van der Waals surface area contributed by atoms with Crippen molar-refractivity contribution in [2.75, 3.05) is 25.1 Å². The standard InChI is InChI=1S/C47H60N4O11/c1-5-8-40-61-28-47(62-40,46(4)24-37(53)41-36(29(46)2)19-16-33-23-35(52)20-21-45(33,41)3)38(54)27-59-42(56)32-14-10-30(11-15-32)25-50-44(58)60-26-31-12-17-34(18-13-31)51-39(55)9-6-7-22-49-43(48)57/h10-15,17-18,20-21,23,29,36-37,40-41,53H,5-9,16,19,22,24-28H2,1-4H3,(H,50,58)(H,51,55)(H3,48,49,57)/t29?,36-,37-,40?,41?,45-,46-,47-/m0/s1. The molecule has 2 aromatic carbocycles. The van der Waals surface area contributed by atoms with Gasteiger partial charge >= 0.3 is 18.1 Å². The van der Waals surface area contributed by atoms with Gasteiger partial charge in [0, 0.05) is 41.9 Å². The number of nitrogens with one attached hydrogen (secondary N) is 3. The topological polar surface area (TPSA) is 222 Å². The SMILES string of the molecule is CCCC1OC[C@](C(=O)COC(=O)c2ccc(CNC(=O)OCc3ccc(NC(=O)CCCCNC(N)=O)cc3)cc2)([C@@]2(C)C[C@H](O)C3[C@@H](CCC4=CC(=O)C=C[C@@]43C)C2C)O1. The first-order valence-corrected chi connectivity index (χ1v) is 21.6. The van der Waals surface area contributed by atoms with Crippen molar-refractivity contribution < 1.29 is 52.8 Å². The van der Waals surface area contributed by atoms with Crippen LogP contribution in [-0.4, -0.2) is 78.4 Å². The van der Waals surface area contributed by atoms with Crippen LogP contribution in [0.1, 0.15) is 101 Å². The van der Waals surface area contributed by atoms with Gasteiger partial charge in [-0.15, -0.1) is 0 Å². The van der Waals surface area contributed by atoms with Crippen molar-refractivity contribution >= 4 is 41.3 Å². The van der Waals surface area contributed by atoms with Crippen LogP contribution in [0, 0.1) is 28.6 Å². The van der Waals surface area contributed by atoms with Crippen LogP contribution in [0.25, 0.3) is 0 Å². The maximum atomic E-state index is 14.5. The Hall–Kier alpha value is -5.38. The summed E-state index contributed by atoms with van der Waals surface area (Å²) >= 11 is 0. The zero-order valence-electron chi connectivity index (χ0n) is 36.0. The van der Waals surface area contributed by atoms with Crippen molar-refractivity contribution in [2.45, 2.75) is 110 Å². The number of primary amides is 1. The number of esters is 1. The summed E-state index contributed by atoms with van der Waals surface area (Å²) in [4.78, 5) is 75.4. The van der Waals surface area contributed by atoms with Gasteiger partial charge < -0.3 is 45.7 Å². The van der Waals surface area contributed by atoms with Crippen LogP contribution >= 0.6 is 0 Å². The lowest BCUT2D eigenvalue weighted by atomic mass is 9.44. The summed E-state index contributed by atoms with van der Waals surface area (Å²) in [6, 6.07) is 12.8. The number of carbonyl (C=O) groups excluding carboxylic acids is 6. The van der Waals surface area contributed by atoms with E-state index in [4.69, 9.17) is 24.7 Å². The van der Waals surface area contributed by atoms with Crippen molar-refractivity contribution in [2.24, 2.45) is 34.3 Å². The summed E-state index contributed by atoms with van der Waals surface area (Å²) in [5.74, 6) is -1.51. The second kappa shape index (κ2) is 19.8. The van der Waals surface area contributed by atoms with Gasteiger partial charge in [0.15, 0.2) is 24.3 Å². The summed E-state index contributed by atoms with van der Waals surface area (Å²) < 4.78 is 23.7. The molecule has 334 valence electrons. The predicted octanol–water partition coefficient (Wildman–Crippen LogP) is 6.03. The maximum Gasteiger partial charge on any atom is 0.407 e. The van der Waals surface area contributed by atoms with Crippen LogP contribution in [0.2, 0.25) is 0 Å². The first-order chi connectivity index (χ1) is 29.6. The Bertz CT molecular complexity index is 2050. The Morgan fingerprint density at radius 1 is 0.968 bits per heavy atom. The number of hydrogen-bond donors (Lipinski definition) is 5. The molecule has 4 aliphatic rings. The largest absolute Gasteiger partial charge is 0.454 e. The van der Waals surface area contributed by atoms with E-state index >= 15 is 0 Å². The molecule has 3 unspecified atom stereocenters. The lowest BCUT2D eigenvalue weighted by Crippen LogP contribution is -2.66. The fourth-order valence-corrected chi connectivity index (χ4v) is 9.99. The molecule has 15 nitrogen and oxygen atoms in total. The molecule has 62 heavy (non-hydrogen) atoms. The molecule has 2 saturated carbocycles. The first-order valence-electron chi connectivity index (χ1n) is 21.6. The Labute approximate surface area is 362 Å². The number of rotatable bonds is 17. The van der Waals surface area contributed by atoms with Crippen LogP contribution < -0.4 is 21.7 Å². The number of anilines is 1. The molecule has 1 heterocycles. The van der Waals surface area contributed by atoms with Crippen molar-refractivity contribution in [1.82, 2.24) is 10.6 Å². The summed E-state index contributed by atoms with van der Waals surface area (Å²) in [6.07, 6.45) is 7.83. The number of hydrogen-bond acceptors (Lipinski definition) is 11. The minimum Gasteiger partial charge on any atom is -0.454 e. The summed E-state index contributed by atoms with van der Waals surface area (Å²) in [5, 5.41) is 19.9. The second-order valence-corrected chi connectivity index (χ2v) is 17.5. The monoisotopic (exact) mass is 856 g/mol. The number of ketones is 2. The first kappa shape index (κ1) is 46.1. The van der Waals surface area contributed by atoms with E-state index in [0.717, 1.165) is 30.4 Å². The number of benzene rings is 2. The zero-order valence-corrected chi connectivity index (χ0v) is 36.0. The minimum atomic E-state index is -1.46. The van der Waals surface area contributed by atoms with E-state index in [2.05, 4.69) is 29.8 Å². The highest BCUT2D eigenvalue weighted by molar-refractivity contribution is 6.01. The molecular weight excluding hydrogens is 797 g/mol. The highest BCUT2D eigenvalue weighted by atomic mass is 16.7. The van der Waals surface area contributed by atoms with Crippen molar-refractivity contribution in [3.63, 3.8) is 0 Å². The van der Waals surface area contributed by atoms with Crippen LogP contribution in [-0.2, 0) is 46.5 Å². The fraction of sp³-hybridized carbons (Fsp3) is 0.532. The number of ether oxygens (including phenoxy) is 4. The Balaban J connectivity index is 0.993. The number of allylic oxidation sites excluding steroid dienone is 4. The van der Waals surface area contributed by atoms with E-state index in [1.807, 2.05) is 19.9 Å². The molecule has 3 aliphatic carbocycles. The minimum absolute atomic E-state index is 0.00647. The van der Waals surface area contributed by atoms with Crippen molar-refractivity contribution in [3.8, 4) is 0 Å². The quantitative estimate of drug-likeness (QED) is 0.0913. The third-order valence-corrected chi connectivity index (χ3v) is 13.6. The molecule has 4 amide bonds. The fourth-order valence-electron chi connectivity index (χ4n) is 9.99. The van der Waals surface area contributed by atoms with Gasteiger partial charge in [-0.3, -0.25) is 14.4 Å². The molecule has 0 spiro atoms. The van der Waals surface area contributed by atoms with E-state index in [1.54, 1.807) is 60.7 Å². The van der Waals surface area contributed by atoms with Crippen molar-refractivity contribution in [1.29, 1.82) is 0 Å². The zero-order chi connectivity index (χ0) is 44.7. The smallest absolute Gasteiger partial charge is 0.407 e. The highest BCUT2D eigenvalue weighted by Gasteiger charge is 2.67. The molecule has 8 atom stereocenters. The second-order valence-electron chi connectivity index (χ2n) is 17.5. The Kier molecular flexibility index (Phi) is 14.7. The van der Waals surface area contributed by atoms with Crippen LogP contribution in [0.15, 0.2) is 72.3 Å². The third-order valence-electron chi connectivity index (χ3n) is 13.6. The average molecular weight is 857 g/mol. The summed E-state index contributed by atoms with van der Waals surface area (Å²) in [7, 11) is 0. The molecule has 2 aromatic rings. The number of aliphatic hydroxyl groups excluding tert-OH is 1. The van der Waals surface area contributed by atoms with E-state index in [1.165, 1.54) is 0 Å². The van der Waals surface area contributed by atoms with E-state index in [9.17, 15) is 33.9 Å². The molecule has 1 aliphatic heterocycles. The summed E-state index contributed by atoms with van der Waals surface area (Å²) in [5.41, 5.74) is 5.50. The number of amides is 4. The maximum absolute atomic E-state index is 14.5. The molecule has 1 saturated heterocycles. The van der Waals surface area contributed by atoms with Gasteiger partial charge in [0.05, 0.1) is 18.3 Å². The number of unbranched alkanes of at least 4 members (excludes halogenated alkanes) is 1. The van der Waals surface area contributed by atoms with Gasteiger partial charge in [-0.05, 0) is 97.9 Å². The van der Waals surface area contributed by atoms with Crippen LogP contribution in [0.4, 0.5) is 15.3 Å². The van der Waals surface area contributed by atoms with Gasteiger partial charge in [0.25, 0.3) is 0 Å². The number of carbonyl (C=O) groups is 6. The van der Waals surface area contributed by atoms with Gasteiger partial charge in [-0.1, -0.05) is 70.0 Å². The van der Waals surface area contributed by atoms with Crippen molar-refractivity contribution in [3.05, 3.63) is 89.0 Å². The number of alkyl carbamates (subject to hydrolysis) is 1. The molecule has 6 rings (SSSR count). The summed E-state index contributed by atoms with van der Waals surface area (Å²) in [6.45, 7) is 8.19. The van der Waals surface area contributed by atoms with Crippen LogP contribution in [0.5, 0.6) is 0 Å². The van der Waals surface area contributed by atoms with Crippen LogP contribution in [0.3, 0.4) is 0 Å². The Morgan fingerprint density at radius 2 is 1.69 bits per heavy atom. The van der Waals surface area contributed by atoms with Gasteiger partial charge in [-0.2, -0.15) is 0 Å². The molecule has 6 N–H and O–H groups in total. The molecule has 0 radical (unpaired) electrons. The van der Waals surface area contributed by atoms with Gasteiger partial charge in [-0.25, -0.2) is 14.4 Å². The van der Waals surface area contributed by atoms with Gasteiger partial charge in [0.2, 0.25) is 11.7 Å². The lowest BCUT2D eigenvalue weighted by Gasteiger charge is -2.61. The van der Waals surface area contributed by atoms with E-state index in [0.29, 0.717) is 43.5 Å². The Morgan fingerprint density at radius 3 is 2.40 bits per heavy atom. The third kappa shape index (κ3) is 10.1. The average Bonchev–Trinajstić information content (AvgIpc) is 3.69. The number of urea groups is 1. The number of aliphatic hydroxyl groups is 1. The van der Waals surface area contributed by atoms with Gasteiger partial charge in [0.1, 0.15) is 6.61 Å². The highest BCUT2D eigenvalue weighted by Crippen LogP contribution is 2.64. The predicted molar refractivity (Wildman–Crippen MR) is 228 cm³/mol. The number of nitrogens with two attached hydrogens (primary N) is 1. The van der Waals surface area contributed by atoms with E-state index in [-0.39, 0.29) is 61.2 Å². The van der Waals surface area contributed by atoms with E-state index < -0.39 is 59.3 Å². The molecule has 0 aromatic heterocycles. The molecule has 15 heteroatoms. The molecule has 3 fully saturated rings. The molecule has 0 bridgehead atoms.